The second-order valence-electron chi connectivity index (χ2n) is 7.53. The predicted octanol–water partition coefficient (Wildman–Crippen LogP) is 3.77. The molecule has 2 heterocycles. The predicted molar refractivity (Wildman–Crippen MR) is 122 cm³/mol. The number of nitrogens with two attached hydrogens (primary N) is 1. The van der Waals surface area contributed by atoms with E-state index in [4.69, 9.17) is 19.9 Å². The Morgan fingerprint density at radius 2 is 1.94 bits per heavy atom. The second kappa shape index (κ2) is 8.55. The number of aromatic amines is 1. The lowest BCUT2D eigenvalue weighted by Gasteiger charge is -2.24. The van der Waals surface area contributed by atoms with Crippen LogP contribution in [0.3, 0.4) is 0 Å². The van der Waals surface area contributed by atoms with E-state index in [2.05, 4.69) is 16.3 Å². The molecule has 0 amide bonds. The van der Waals surface area contributed by atoms with Crippen LogP contribution in [0.5, 0.6) is 17.4 Å². The number of fused-ring (bicyclic) bond motifs is 1. The van der Waals surface area contributed by atoms with Gasteiger partial charge in [-0.05, 0) is 42.8 Å². The first kappa shape index (κ1) is 21.1. The lowest BCUT2D eigenvalue weighted by molar-refractivity contribution is 0.311. The third kappa shape index (κ3) is 3.58. The first-order chi connectivity index (χ1) is 15.5. The van der Waals surface area contributed by atoms with Gasteiger partial charge in [-0.25, -0.2) is 0 Å². The molecule has 0 radical (unpaired) electrons. The van der Waals surface area contributed by atoms with Gasteiger partial charge >= 0.3 is 0 Å². The molecule has 0 spiro atoms. The first-order valence-corrected chi connectivity index (χ1v) is 10.2. The average Bonchev–Trinajstić information content (AvgIpc) is 3.22. The topological polar surface area (TPSA) is 109 Å². The quantitative estimate of drug-likeness (QED) is 0.611. The van der Waals surface area contributed by atoms with E-state index in [1.807, 2.05) is 68.4 Å². The number of H-pyrrole nitrogens is 1. The Balaban J connectivity index is 1.86. The highest BCUT2D eigenvalue weighted by atomic mass is 16.5. The van der Waals surface area contributed by atoms with Crippen LogP contribution in [-0.2, 0) is 0 Å². The standard InChI is InChI=1S/C24H25N5O3/c1-5-31-18-11-8-15(12-19(18)30-4)22-21-20(14-6-9-16(10-7-14)29(2)3)17(13-25)23(26)32-24(21)28-27-22/h6-12,20H,5,26H2,1-4H3,(H,27,28). The molecule has 1 aliphatic rings. The zero-order chi connectivity index (χ0) is 22.8. The molecule has 3 aromatic rings. The van der Waals surface area contributed by atoms with E-state index < -0.39 is 5.92 Å². The van der Waals surface area contributed by atoms with E-state index in [1.54, 1.807) is 7.11 Å². The summed E-state index contributed by atoms with van der Waals surface area (Å²) in [6, 6.07) is 15.9. The number of hydrogen-bond donors (Lipinski definition) is 2. The molecule has 0 saturated carbocycles. The molecule has 164 valence electrons. The van der Waals surface area contributed by atoms with Crippen LogP contribution in [0.2, 0.25) is 0 Å². The summed E-state index contributed by atoms with van der Waals surface area (Å²) in [5.41, 5.74) is 10.7. The number of aromatic nitrogens is 2. The summed E-state index contributed by atoms with van der Waals surface area (Å²) in [6.07, 6.45) is 0. The number of ether oxygens (including phenoxy) is 3. The van der Waals surface area contributed by atoms with Crippen molar-refractivity contribution in [3.63, 3.8) is 0 Å². The van der Waals surface area contributed by atoms with Gasteiger partial charge in [-0.15, -0.1) is 5.10 Å². The van der Waals surface area contributed by atoms with Gasteiger partial charge < -0.3 is 24.8 Å². The van der Waals surface area contributed by atoms with Crippen molar-refractivity contribution in [2.75, 3.05) is 32.7 Å². The van der Waals surface area contributed by atoms with Crippen molar-refractivity contribution in [3.8, 4) is 34.7 Å². The van der Waals surface area contributed by atoms with Crippen LogP contribution >= 0.6 is 0 Å². The molecule has 1 aromatic heterocycles. The van der Waals surface area contributed by atoms with Gasteiger partial charge in [0.2, 0.25) is 11.8 Å². The number of nitrogens with zero attached hydrogens (tertiary/aromatic N) is 3. The number of hydrogen-bond acceptors (Lipinski definition) is 7. The maximum absolute atomic E-state index is 9.89. The lowest BCUT2D eigenvalue weighted by Crippen LogP contribution is -2.21. The van der Waals surface area contributed by atoms with Crippen molar-refractivity contribution >= 4 is 5.69 Å². The van der Waals surface area contributed by atoms with Crippen molar-refractivity contribution in [2.24, 2.45) is 5.73 Å². The van der Waals surface area contributed by atoms with E-state index in [9.17, 15) is 5.26 Å². The molecule has 8 heteroatoms. The van der Waals surface area contributed by atoms with Crippen LogP contribution in [0.15, 0.2) is 53.9 Å². The molecule has 8 nitrogen and oxygen atoms in total. The molecule has 4 rings (SSSR count). The molecule has 0 bridgehead atoms. The second-order valence-corrected chi connectivity index (χ2v) is 7.53. The highest BCUT2D eigenvalue weighted by Gasteiger charge is 2.35. The fourth-order valence-corrected chi connectivity index (χ4v) is 3.86. The molecule has 2 aromatic carbocycles. The van der Waals surface area contributed by atoms with Gasteiger partial charge in [-0.2, -0.15) is 5.26 Å². The van der Waals surface area contributed by atoms with Crippen LogP contribution in [0, 0.1) is 11.3 Å². The van der Waals surface area contributed by atoms with Crippen LogP contribution < -0.4 is 24.8 Å². The van der Waals surface area contributed by atoms with E-state index >= 15 is 0 Å². The van der Waals surface area contributed by atoms with Crippen molar-refractivity contribution in [1.82, 2.24) is 10.2 Å². The molecule has 0 fully saturated rings. The van der Waals surface area contributed by atoms with Crippen LogP contribution in [0.4, 0.5) is 5.69 Å². The number of rotatable bonds is 6. The van der Waals surface area contributed by atoms with Crippen molar-refractivity contribution in [2.45, 2.75) is 12.8 Å². The number of nitriles is 1. The fourth-order valence-electron chi connectivity index (χ4n) is 3.86. The van der Waals surface area contributed by atoms with Crippen LogP contribution in [-0.4, -0.2) is 38.0 Å². The largest absolute Gasteiger partial charge is 0.493 e. The third-order valence-electron chi connectivity index (χ3n) is 5.43. The highest BCUT2D eigenvalue weighted by Crippen LogP contribution is 2.46. The zero-order valence-corrected chi connectivity index (χ0v) is 18.5. The van der Waals surface area contributed by atoms with Crippen molar-refractivity contribution in [1.29, 1.82) is 5.26 Å². The minimum atomic E-state index is -0.425. The average molecular weight is 431 g/mol. The van der Waals surface area contributed by atoms with Crippen molar-refractivity contribution < 1.29 is 14.2 Å². The Morgan fingerprint density at radius 3 is 2.56 bits per heavy atom. The Morgan fingerprint density at radius 1 is 1.19 bits per heavy atom. The van der Waals surface area contributed by atoms with E-state index in [-0.39, 0.29) is 5.88 Å². The Kier molecular flexibility index (Phi) is 5.65. The molecule has 0 saturated heterocycles. The number of allylic oxidation sites excluding steroid dienone is 1. The maximum Gasteiger partial charge on any atom is 0.244 e. The smallest absolute Gasteiger partial charge is 0.244 e. The van der Waals surface area contributed by atoms with Crippen LogP contribution in [0.1, 0.15) is 24.0 Å². The third-order valence-corrected chi connectivity index (χ3v) is 5.43. The van der Waals surface area contributed by atoms with Gasteiger partial charge in [0.25, 0.3) is 0 Å². The summed E-state index contributed by atoms with van der Waals surface area (Å²) >= 11 is 0. The summed E-state index contributed by atoms with van der Waals surface area (Å²) in [7, 11) is 5.56. The molecule has 1 aliphatic heterocycles. The molecule has 3 N–H and O–H groups in total. The Bertz CT molecular complexity index is 1210. The summed E-state index contributed by atoms with van der Waals surface area (Å²) in [6.45, 7) is 2.45. The zero-order valence-electron chi connectivity index (χ0n) is 18.5. The lowest BCUT2D eigenvalue weighted by atomic mass is 9.83. The highest BCUT2D eigenvalue weighted by molar-refractivity contribution is 5.73. The Labute approximate surface area is 186 Å². The molecular weight excluding hydrogens is 406 g/mol. The van der Waals surface area contributed by atoms with Crippen molar-refractivity contribution in [3.05, 3.63) is 65.0 Å². The van der Waals surface area contributed by atoms with Gasteiger partial charge in [0.1, 0.15) is 11.6 Å². The van der Waals surface area contributed by atoms with E-state index in [1.165, 1.54) is 0 Å². The van der Waals surface area contributed by atoms with Crippen LogP contribution in [0.25, 0.3) is 11.3 Å². The maximum atomic E-state index is 9.89. The van der Waals surface area contributed by atoms with Gasteiger partial charge in [0.15, 0.2) is 11.5 Å². The molecule has 32 heavy (non-hydrogen) atoms. The number of nitrogens with one attached hydrogen (secondary N) is 1. The number of methoxy groups -OCH3 is 1. The molecule has 1 unspecified atom stereocenters. The monoisotopic (exact) mass is 431 g/mol. The molecular formula is C24H25N5O3. The summed E-state index contributed by atoms with van der Waals surface area (Å²) < 4.78 is 16.8. The minimum absolute atomic E-state index is 0.0593. The molecule has 1 atom stereocenters. The van der Waals surface area contributed by atoms with Gasteiger partial charge in [0, 0.05) is 25.3 Å². The SMILES string of the molecule is CCOc1ccc(-c2[nH]nc3c2C(c2ccc(N(C)C)cc2)C(C#N)=C(N)O3)cc1OC. The van der Waals surface area contributed by atoms with Gasteiger partial charge in [-0.3, -0.25) is 5.10 Å². The fraction of sp³-hybridized carbons (Fsp3) is 0.250. The van der Waals surface area contributed by atoms with E-state index in [0.29, 0.717) is 29.6 Å². The van der Waals surface area contributed by atoms with Gasteiger partial charge in [-0.1, -0.05) is 12.1 Å². The summed E-state index contributed by atoms with van der Waals surface area (Å²) in [5.74, 6) is 1.24. The minimum Gasteiger partial charge on any atom is -0.493 e. The number of benzene rings is 2. The first-order valence-electron chi connectivity index (χ1n) is 10.2. The normalized spacial score (nSPS) is 14.9. The van der Waals surface area contributed by atoms with E-state index in [0.717, 1.165) is 28.1 Å². The summed E-state index contributed by atoms with van der Waals surface area (Å²) in [5, 5.41) is 17.3. The molecule has 0 aliphatic carbocycles. The Hall–Kier alpha value is -4.12. The van der Waals surface area contributed by atoms with Gasteiger partial charge in [0.05, 0.1) is 30.9 Å². The number of anilines is 1. The summed E-state index contributed by atoms with van der Waals surface area (Å²) in [4.78, 5) is 2.02.